The smallest absolute Gasteiger partial charge is 0.164 e. The van der Waals surface area contributed by atoms with E-state index in [9.17, 15) is 0 Å². The van der Waals surface area contributed by atoms with Gasteiger partial charge in [0.25, 0.3) is 0 Å². The fourth-order valence-corrected chi connectivity index (χ4v) is 9.67. The zero-order chi connectivity index (χ0) is 37.5. The molecule has 0 saturated carbocycles. The van der Waals surface area contributed by atoms with Gasteiger partial charge in [-0.25, -0.2) is 15.0 Å². The minimum atomic E-state index is 0.591. The highest BCUT2D eigenvalue weighted by Crippen LogP contribution is 2.44. The summed E-state index contributed by atoms with van der Waals surface area (Å²) in [5, 5.41) is 6.65. The van der Waals surface area contributed by atoms with Crippen molar-refractivity contribution in [3.05, 3.63) is 182 Å². The van der Waals surface area contributed by atoms with Crippen molar-refractivity contribution in [1.82, 2.24) is 19.5 Å². The zero-order valence-corrected chi connectivity index (χ0v) is 31.2. The second kappa shape index (κ2) is 12.6. The quantitative estimate of drug-likeness (QED) is 0.176. The molecular formula is C51H30N4OS. The lowest BCUT2D eigenvalue weighted by molar-refractivity contribution is 0.671. The molecule has 0 unspecified atom stereocenters. The number of hydrogen-bond donors (Lipinski definition) is 0. The van der Waals surface area contributed by atoms with E-state index in [1.54, 1.807) is 11.3 Å². The van der Waals surface area contributed by atoms with Crippen LogP contribution in [0.4, 0.5) is 0 Å². The van der Waals surface area contributed by atoms with Crippen LogP contribution in [0, 0.1) is 0 Å². The van der Waals surface area contributed by atoms with Crippen LogP contribution < -0.4 is 0 Å². The molecule has 12 rings (SSSR count). The average Bonchev–Trinajstić information content (AvgIpc) is 3.97. The maximum absolute atomic E-state index is 6.92. The number of hydrogen-bond acceptors (Lipinski definition) is 5. The van der Waals surface area contributed by atoms with Crippen molar-refractivity contribution in [3.8, 4) is 51.0 Å². The van der Waals surface area contributed by atoms with Gasteiger partial charge in [0.1, 0.15) is 5.58 Å². The number of para-hydroxylation sites is 2. The van der Waals surface area contributed by atoms with Crippen molar-refractivity contribution >= 4 is 75.3 Å². The summed E-state index contributed by atoms with van der Waals surface area (Å²) in [6, 6.07) is 63.6. The Morgan fingerprint density at radius 1 is 0.421 bits per heavy atom. The minimum absolute atomic E-state index is 0.591. The summed E-state index contributed by atoms with van der Waals surface area (Å²) in [6.45, 7) is 0. The Morgan fingerprint density at radius 3 is 1.88 bits per heavy atom. The molecule has 4 heterocycles. The number of furan rings is 1. The van der Waals surface area contributed by atoms with E-state index in [2.05, 4.69) is 168 Å². The number of thiophene rings is 1. The summed E-state index contributed by atoms with van der Waals surface area (Å²) in [5.41, 5.74) is 9.88. The Hall–Kier alpha value is -7.41. The molecule has 0 bridgehead atoms. The summed E-state index contributed by atoms with van der Waals surface area (Å²) in [6.07, 6.45) is 0. The van der Waals surface area contributed by atoms with Gasteiger partial charge in [-0.1, -0.05) is 133 Å². The molecule has 0 saturated heterocycles. The van der Waals surface area contributed by atoms with Crippen molar-refractivity contribution in [2.45, 2.75) is 0 Å². The highest BCUT2D eigenvalue weighted by atomic mass is 32.1. The van der Waals surface area contributed by atoms with E-state index < -0.39 is 0 Å². The predicted octanol–water partition coefficient (Wildman–Crippen LogP) is 13.9. The molecule has 0 amide bonds. The van der Waals surface area contributed by atoms with E-state index in [4.69, 9.17) is 19.4 Å². The molecule has 0 aliphatic carbocycles. The Balaban J connectivity index is 1.14. The van der Waals surface area contributed by atoms with E-state index >= 15 is 0 Å². The largest absolute Gasteiger partial charge is 0.454 e. The van der Waals surface area contributed by atoms with Crippen LogP contribution >= 0.6 is 11.3 Å². The summed E-state index contributed by atoms with van der Waals surface area (Å²) >= 11 is 1.79. The number of aromatic nitrogens is 4. The van der Waals surface area contributed by atoms with Crippen molar-refractivity contribution in [3.63, 3.8) is 0 Å². The van der Waals surface area contributed by atoms with Gasteiger partial charge in [0.2, 0.25) is 0 Å². The summed E-state index contributed by atoms with van der Waals surface area (Å²) in [5.74, 6) is 1.83. The predicted molar refractivity (Wildman–Crippen MR) is 236 cm³/mol. The fraction of sp³-hybridized carbons (Fsp3) is 0. The van der Waals surface area contributed by atoms with Crippen LogP contribution in [0.25, 0.3) is 115 Å². The van der Waals surface area contributed by atoms with Gasteiger partial charge in [0, 0.05) is 64.1 Å². The number of benzene rings is 8. The molecule has 8 aromatic carbocycles. The first-order valence-corrected chi connectivity index (χ1v) is 19.8. The molecule has 266 valence electrons. The average molecular weight is 747 g/mol. The van der Waals surface area contributed by atoms with Gasteiger partial charge in [-0.2, -0.15) is 0 Å². The van der Waals surface area contributed by atoms with E-state index in [0.717, 1.165) is 77.2 Å². The number of nitrogens with zero attached hydrogens (tertiary/aromatic N) is 4. The van der Waals surface area contributed by atoms with E-state index in [-0.39, 0.29) is 0 Å². The highest BCUT2D eigenvalue weighted by Gasteiger charge is 2.23. The first-order chi connectivity index (χ1) is 28.3. The SMILES string of the molecule is c1ccc(-c2cccc(-c3nc(-c4cccc5oc6c(ccc7c8ccccc8n(-c8ccccc8)c76)c45)nc(-c4cccc5sc6ccccc6c45)n3)c2)cc1. The lowest BCUT2D eigenvalue weighted by Gasteiger charge is -2.11. The molecule has 0 fully saturated rings. The number of rotatable bonds is 5. The summed E-state index contributed by atoms with van der Waals surface area (Å²) < 4.78 is 11.7. The van der Waals surface area contributed by atoms with Gasteiger partial charge in [-0.15, -0.1) is 11.3 Å². The second-order valence-corrected chi connectivity index (χ2v) is 15.4. The monoisotopic (exact) mass is 746 g/mol. The Labute approximate surface area is 330 Å². The maximum atomic E-state index is 6.92. The van der Waals surface area contributed by atoms with Crippen molar-refractivity contribution < 1.29 is 4.42 Å². The second-order valence-electron chi connectivity index (χ2n) is 14.3. The normalized spacial score (nSPS) is 11.9. The Kier molecular flexibility index (Phi) is 7.03. The van der Waals surface area contributed by atoms with Gasteiger partial charge in [-0.3, -0.25) is 0 Å². The van der Waals surface area contributed by atoms with Gasteiger partial charge >= 0.3 is 0 Å². The molecule has 0 radical (unpaired) electrons. The first kappa shape index (κ1) is 31.9. The van der Waals surface area contributed by atoms with Crippen molar-refractivity contribution in [2.75, 3.05) is 0 Å². The topological polar surface area (TPSA) is 56.7 Å². The molecule has 57 heavy (non-hydrogen) atoms. The zero-order valence-electron chi connectivity index (χ0n) is 30.4. The summed E-state index contributed by atoms with van der Waals surface area (Å²) in [4.78, 5) is 15.9. The molecule has 0 aliphatic heterocycles. The molecule has 4 aromatic heterocycles. The Morgan fingerprint density at radius 2 is 1.04 bits per heavy atom. The molecule has 6 heteroatoms. The van der Waals surface area contributed by atoms with Crippen molar-refractivity contribution in [1.29, 1.82) is 0 Å². The third-order valence-corrected chi connectivity index (χ3v) is 12.2. The van der Waals surface area contributed by atoms with E-state index in [0.29, 0.717) is 17.5 Å². The lowest BCUT2D eigenvalue weighted by Crippen LogP contribution is -2.01. The van der Waals surface area contributed by atoms with Crippen LogP contribution in [-0.2, 0) is 0 Å². The van der Waals surface area contributed by atoms with Crippen LogP contribution in [0.1, 0.15) is 0 Å². The molecule has 0 aliphatic rings. The molecule has 12 aromatic rings. The lowest BCUT2D eigenvalue weighted by atomic mass is 10.0. The highest BCUT2D eigenvalue weighted by molar-refractivity contribution is 7.25. The van der Waals surface area contributed by atoms with Gasteiger partial charge in [0.15, 0.2) is 23.1 Å². The summed E-state index contributed by atoms with van der Waals surface area (Å²) in [7, 11) is 0. The van der Waals surface area contributed by atoms with Gasteiger partial charge in [-0.05, 0) is 59.7 Å². The number of fused-ring (bicyclic) bond motifs is 10. The minimum Gasteiger partial charge on any atom is -0.454 e. The van der Waals surface area contributed by atoms with E-state index in [1.165, 1.54) is 20.2 Å². The molecule has 0 spiro atoms. The van der Waals surface area contributed by atoms with Crippen LogP contribution in [-0.4, -0.2) is 19.5 Å². The van der Waals surface area contributed by atoms with Crippen LogP contribution in [0.5, 0.6) is 0 Å². The maximum Gasteiger partial charge on any atom is 0.164 e. The standard InChI is InChI=1S/C51H30N4OS/c1-3-14-31(15-4-1)32-16-11-17-33(30-32)49-52-50(54-51(53-49)40-23-13-27-44-46(40)37-21-8-10-26-43(37)57-44)39-22-12-25-42-45(39)38-29-28-36-35-20-7-9-24-41(35)55(47(36)48(38)56-42)34-18-5-2-6-19-34/h1-30H. The van der Waals surface area contributed by atoms with Crippen molar-refractivity contribution in [2.24, 2.45) is 0 Å². The van der Waals surface area contributed by atoms with Gasteiger partial charge in [0.05, 0.1) is 11.0 Å². The van der Waals surface area contributed by atoms with Crippen LogP contribution in [0.3, 0.4) is 0 Å². The van der Waals surface area contributed by atoms with Gasteiger partial charge < -0.3 is 8.98 Å². The molecule has 0 atom stereocenters. The third-order valence-electron chi connectivity index (χ3n) is 11.1. The first-order valence-electron chi connectivity index (χ1n) is 19.0. The molecule has 5 nitrogen and oxygen atoms in total. The third kappa shape index (κ3) is 4.98. The fourth-order valence-electron chi connectivity index (χ4n) is 8.54. The molecular weight excluding hydrogens is 717 g/mol. The molecule has 0 N–H and O–H groups in total. The van der Waals surface area contributed by atoms with E-state index in [1.807, 2.05) is 18.2 Å². The van der Waals surface area contributed by atoms with Crippen LogP contribution in [0.2, 0.25) is 0 Å². The Bertz CT molecular complexity index is 3530. The van der Waals surface area contributed by atoms with Crippen LogP contribution in [0.15, 0.2) is 186 Å².